The average Bonchev–Trinajstić information content (AvgIpc) is 2.67. The molecule has 27 heavy (non-hydrogen) atoms. The van der Waals surface area contributed by atoms with Crippen molar-refractivity contribution in [3.8, 4) is 0 Å². The summed E-state index contributed by atoms with van der Waals surface area (Å²) in [6.45, 7) is -0.0792. The summed E-state index contributed by atoms with van der Waals surface area (Å²) in [7, 11) is 7.66. The molecule has 2 rings (SSSR count). The standard InChI is InChI=1S/C20H24N2O5/c1-21(2)17-9-5-15(6-10-17)19(23)25-13-14-26-27-20(24)16-7-11-18(12-8-16)22(3)4/h5-12H,13-14H2,1-4H3. The van der Waals surface area contributed by atoms with Gasteiger partial charge >= 0.3 is 11.9 Å². The van der Waals surface area contributed by atoms with Crippen LogP contribution in [-0.4, -0.2) is 53.3 Å². The van der Waals surface area contributed by atoms with Crippen LogP contribution < -0.4 is 9.80 Å². The SMILES string of the molecule is CN(C)c1ccc(C(=O)OCCOOC(=O)c2ccc(N(C)C)cc2)cc1. The number of nitrogens with zero attached hydrogens (tertiary/aromatic N) is 2. The topological polar surface area (TPSA) is 68.3 Å². The molecule has 0 amide bonds. The van der Waals surface area contributed by atoms with Crippen molar-refractivity contribution in [3.05, 3.63) is 59.7 Å². The fraction of sp³-hybridized carbons (Fsp3) is 0.300. The minimum atomic E-state index is -0.606. The minimum Gasteiger partial charge on any atom is -0.459 e. The Hall–Kier alpha value is -3.06. The van der Waals surface area contributed by atoms with Gasteiger partial charge in [0.15, 0.2) is 0 Å². The smallest absolute Gasteiger partial charge is 0.373 e. The Morgan fingerprint density at radius 1 is 0.704 bits per heavy atom. The van der Waals surface area contributed by atoms with E-state index in [1.54, 1.807) is 36.4 Å². The number of hydrogen-bond donors (Lipinski definition) is 0. The van der Waals surface area contributed by atoms with Gasteiger partial charge in [-0.2, -0.15) is 4.89 Å². The highest BCUT2D eigenvalue weighted by Gasteiger charge is 2.10. The van der Waals surface area contributed by atoms with Gasteiger partial charge in [0.25, 0.3) is 0 Å². The maximum absolute atomic E-state index is 11.9. The quantitative estimate of drug-likeness (QED) is 0.305. The summed E-state index contributed by atoms with van der Waals surface area (Å²) in [6.07, 6.45) is 0. The molecule has 7 nitrogen and oxygen atoms in total. The number of hydrogen-bond acceptors (Lipinski definition) is 7. The fourth-order valence-electron chi connectivity index (χ4n) is 2.19. The highest BCUT2D eigenvalue weighted by Crippen LogP contribution is 2.14. The second-order valence-corrected chi connectivity index (χ2v) is 6.21. The molecule has 2 aromatic rings. The van der Waals surface area contributed by atoms with Gasteiger partial charge in [0.05, 0.1) is 11.1 Å². The van der Waals surface area contributed by atoms with Crippen LogP contribution in [0.25, 0.3) is 0 Å². The third-order valence-electron chi connectivity index (χ3n) is 3.77. The van der Waals surface area contributed by atoms with E-state index in [-0.39, 0.29) is 13.2 Å². The molecule has 0 fully saturated rings. The van der Waals surface area contributed by atoms with Gasteiger partial charge in [0, 0.05) is 39.6 Å². The van der Waals surface area contributed by atoms with Crippen LogP contribution in [0.5, 0.6) is 0 Å². The zero-order valence-corrected chi connectivity index (χ0v) is 16.0. The molecule has 0 bridgehead atoms. The van der Waals surface area contributed by atoms with Crippen LogP contribution in [0, 0.1) is 0 Å². The lowest BCUT2D eigenvalue weighted by Gasteiger charge is -2.12. The van der Waals surface area contributed by atoms with E-state index in [2.05, 4.69) is 0 Å². The van der Waals surface area contributed by atoms with Gasteiger partial charge in [-0.3, -0.25) is 4.89 Å². The number of rotatable bonds is 8. The predicted molar refractivity (Wildman–Crippen MR) is 103 cm³/mol. The molecular formula is C20H24N2O5. The molecule has 2 aromatic carbocycles. The molecule has 144 valence electrons. The third kappa shape index (κ3) is 6.00. The van der Waals surface area contributed by atoms with Gasteiger partial charge in [-0.1, -0.05) is 0 Å². The summed E-state index contributed by atoms with van der Waals surface area (Å²) >= 11 is 0. The molecule has 0 saturated heterocycles. The number of ether oxygens (including phenoxy) is 1. The summed E-state index contributed by atoms with van der Waals surface area (Å²) < 4.78 is 5.08. The van der Waals surface area contributed by atoms with Crippen molar-refractivity contribution in [2.75, 3.05) is 51.2 Å². The Labute approximate surface area is 159 Å². The lowest BCUT2D eigenvalue weighted by atomic mass is 10.2. The van der Waals surface area contributed by atoms with Gasteiger partial charge in [-0.15, -0.1) is 0 Å². The van der Waals surface area contributed by atoms with Crippen LogP contribution >= 0.6 is 0 Å². The normalized spacial score (nSPS) is 10.2. The Morgan fingerprint density at radius 3 is 1.59 bits per heavy atom. The monoisotopic (exact) mass is 372 g/mol. The lowest BCUT2D eigenvalue weighted by Crippen LogP contribution is -2.14. The number of esters is 1. The van der Waals surface area contributed by atoms with E-state index in [0.717, 1.165) is 11.4 Å². The lowest BCUT2D eigenvalue weighted by molar-refractivity contribution is -0.244. The largest absolute Gasteiger partial charge is 0.459 e. The number of carbonyl (C=O) groups excluding carboxylic acids is 2. The molecule has 0 unspecified atom stereocenters. The number of anilines is 2. The van der Waals surface area contributed by atoms with Gasteiger partial charge in [0.1, 0.15) is 13.2 Å². The van der Waals surface area contributed by atoms with E-state index in [0.29, 0.717) is 11.1 Å². The van der Waals surface area contributed by atoms with Crippen molar-refractivity contribution >= 4 is 23.3 Å². The predicted octanol–water partition coefficient (Wildman–Crippen LogP) is 2.76. The average molecular weight is 372 g/mol. The Balaban J connectivity index is 1.70. The van der Waals surface area contributed by atoms with Gasteiger partial charge < -0.3 is 14.5 Å². The Kier molecular flexibility index (Phi) is 7.19. The van der Waals surface area contributed by atoms with E-state index in [9.17, 15) is 9.59 Å². The second-order valence-electron chi connectivity index (χ2n) is 6.21. The number of benzene rings is 2. The fourth-order valence-corrected chi connectivity index (χ4v) is 2.19. The Morgan fingerprint density at radius 2 is 1.15 bits per heavy atom. The van der Waals surface area contributed by atoms with Crippen LogP contribution in [0.2, 0.25) is 0 Å². The molecule has 0 radical (unpaired) electrons. The van der Waals surface area contributed by atoms with Crippen molar-refractivity contribution in [1.29, 1.82) is 0 Å². The van der Waals surface area contributed by atoms with Crippen molar-refractivity contribution in [3.63, 3.8) is 0 Å². The minimum absolute atomic E-state index is 0.0267. The van der Waals surface area contributed by atoms with Crippen LogP contribution in [0.3, 0.4) is 0 Å². The molecule has 0 heterocycles. The van der Waals surface area contributed by atoms with Crippen molar-refractivity contribution < 1.29 is 24.1 Å². The van der Waals surface area contributed by atoms with Crippen LogP contribution in [0.15, 0.2) is 48.5 Å². The van der Waals surface area contributed by atoms with Crippen LogP contribution in [-0.2, 0) is 14.5 Å². The number of carbonyl (C=O) groups is 2. The summed E-state index contributed by atoms with van der Waals surface area (Å²) in [5.41, 5.74) is 2.77. The summed E-state index contributed by atoms with van der Waals surface area (Å²) in [6, 6.07) is 14.0. The highest BCUT2D eigenvalue weighted by molar-refractivity contribution is 5.90. The molecule has 0 aliphatic rings. The van der Waals surface area contributed by atoms with E-state index in [4.69, 9.17) is 14.5 Å². The highest BCUT2D eigenvalue weighted by atomic mass is 17.2. The van der Waals surface area contributed by atoms with Crippen molar-refractivity contribution in [2.45, 2.75) is 0 Å². The summed E-state index contributed by atoms with van der Waals surface area (Å²) in [5, 5.41) is 0. The van der Waals surface area contributed by atoms with Crippen molar-refractivity contribution in [1.82, 2.24) is 0 Å². The van der Waals surface area contributed by atoms with Gasteiger partial charge in [0.2, 0.25) is 0 Å². The van der Waals surface area contributed by atoms with E-state index >= 15 is 0 Å². The molecule has 0 aliphatic carbocycles. The maximum atomic E-state index is 11.9. The first-order valence-electron chi connectivity index (χ1n) is 8.44. The van der Waals surface area contributed by atoms with E-state index in [1.165, 1.54) is 0 Å². The molecule has 7 heteroatoms. The molecule has 0 aromatic heterocycles. The first-order valence-corrected chi connectivity index (χ1v) is 8.44. The zero-order chi connectivity index (χ0) is 19.8. The molecule has 0 spiro atoms. The molecule has 0 atom stereocenters. The Bertz CT molecular complexity index is 689. The van der Waals surface area contributed by atoms with E-state index in [1.807, 2.05) is 50.1 Å². The molecule has 0 aliphatic heterocycles. The first-order chi connectivity index (χ1) is 12.9. The summed E-state index contributed by atoms with van der Waals surface area (Å²) in [5.74, 6) is -1.07. The second kappa shape index (κ2) is 9.59. The van der Waals surface area contributed by atoms with E-state index < -0.39 is 11.9 Å². The van der Waals surface area contributed by atoms with Gasteiger partial charge in [-0.05, 0) is 48.5 Å². The third-order valence-corrected chi connectivity index (χ3v) is 3.77. The molecular weight excluding hydrogens is 348 g/mol. The molecule has 0 saturated carbocycles. The summed E-state index contributed by atoms with van der Waals surface area (Å²) in [4.78, 5) is 37.2. The van der Waals surface area contributed by atoms with Crippen molar-refractivity contribution in [2.24, 2.45) is 0 Å². The van der Waals surface area contributed by atoms with Gasteiger partial charge in [-0.25, -0.2) is 9.59 Å². The molecule has 0 N–H and O–H groups in total. The van der Waals surface area contributed by atoms with Crippen LogP contribution in [0.1, 0.15) is 20.7 Å². The maximum Gasteiger partial charge on any atom is 0.373 e. The van der Waals surface area contributed by atoms with Crippen LogP contribution in [0.4, 0.5) is 11.4 Å². The first kappa shape index (κ1) is 20.3. The zero-order valence-electron chi connectivity index (χ0n) is 16.0.